The number of nitrogens with zero attached hydrogens (tertiary/aromatic N) is 1. The van der Waals surface area contributed by atoms with Crippen LogP contribution < -0.4 is 11.1 Å². The molecule has 0 aromatic rings. The molecule has 0 bridgehead atoms. The summed E-state index contributed by atoms with van der Waals surface area (Å²) in [7, 11) is -2.95. The molecule has 6 nitrogen and oxygen atoms in total. The topological polar surface area (TPSA) is 93.8 Å². The second-order valence-corrected chi connectivity index (χ2v) is 7.60. The van der Waals surface area contributed by atoms with Gasteiger partial charge in [0.15, 0.2) is 5.96 Å². The van der Waals surface area contributed by atoms with Crippen LogP contribution in [0.25, 0.3) is 0 Å². The van der Waals surface area contributed by atoms with Gasteiger partial charge in [0.2, 0.25) is 0 Å². The summed E-state index contributed by atoms with van der Waals surface area (Å²) < 4.78 is 27.0. The van der Waals surface area contributed by atoms with Gasteiger partial charge in [0.05, 0.1) is 25.5 Å². The average molecular weight is 305 g/mol. The summed E-state index contributed by atoms with van der Waals surface area (Å²) in [5.41, 5.74) is 5.83. The maximum Gasteiger partial charge on any atom is 0.188 e. The molecule has 1 fully saturated rings. The lowest BCUT2D eigenvalue weighted by atomic mass is 10.1. The Morgan fingerprint density at radius 3 is 2.50 bits per heavy atom. The average Bonchev–Trinajstić information content (AvgIpc) is 2.61. The number of aliphatic imine (C=N–C) groups is 1. The molecule has 0 aromatic heterocycles. The molecule has 7 heteroatoms. The van der Waals surface area contributed by atoms with E-state index in [1.165, 1.54) is 31.9 Å². The lowest BCUT2D eigenvalue weighted by molar-refractivity contribution is 0.157. The molecular weight excluding hydrogens is 278 g/mol. The number of nitrogens with one attached hydrogen (secondary N) is 1. The third-order valence-electron chi connectivity index (χ3n) is 3.32. The molecule has 1 aliphatic rings. The number of rotatable bonds is 7. The van der Waals surface area contributed by atoms with Gasteiger partial charge in [0, 0.05) is 12.3 Å². The Balaban J connectivity index is 2.11. The van der Waals surface area contributed by atoms with Crippen LogP contribution in [0.3, 0.4) is 0 Å². The van der Waals surface area contributed by atoms with Gasteiger partial charge in [0.1, 0.15) is 9.84 Å². The maximum absolute atomic E-state index is 10.9. The standard InChI is InChI=1S/C13H27N3O3S/c1-20(17,18)11-10-19-9-8-15-13(14)16-12-6-4-2-3-5-7-12/h12H,2-11H2,1H3,(H3,14,15,16). The molecule has 0 unspecified atom stereocenters. The monoisotopic (exact) mass is 305 g/mol. The van der Waals surface area contributed by atoms with E-state index >= 15 is 0 Å². The van der Waals surface area contributed by atoms with Crippen molar-refractivity contribution in [3.05, 3.63) is 0 Å². The molecule has 0 atom stereocenters. The van der Waals surface area contributed by atoms with Crippen molar-refractivity contribution in [2.75, 3.05) is 31.8 Å². The Hall–Kier alpha value is -0.820. The first-order valence-electron chi connectivity index (χ1n) is 7.29. The number of hydrogen-bond acceptors (Lipinski definition) is 4. The van der Waals surface area contributed by atoms with Crippen LogP contribution in [0, 0.1) is 0 Å². The molecule has 0 spiro atoms. The van der Waals surface area contributed by atoms with E-state index in [9.17, 15) is 8.42 Å². The molecule has 1 rings (SSSR count). The molecule has 0 heterocycles. The molecule has 1 aliphatic carbocycles. The fraction of sp³-hybridized carbons (Fsp3) is 0.923. The molecule has 0 radical (unpaired) electrons. The Kier molecular flexibility index (Phi) is 7.91. The summed E-state index contributed by atoms with van der Waals surface area (Å²) in [5.74, 6) is 0.510. The second-order valence-electron chi connectivity index (χ2n) is 5.34. The molecule has 0 amide bonds. The van der Waals surface area contributed by atoms with Crippen LogP contribution in [-0.2, 0) is 14.6 Å². The van der Waals surface area contributed by atoms with Crippen LogP contribution in [-0.4, -0.2) is 52.2 Å². The summed E-state index contributed by atoms with van der Waals surface area (Å²) in [5, 5.41) is 3.25. The lowest BCUT2D eigenvalue weighted by Gasteiger charge is -2.16. The number of nitrogens with two attached hydrogens (primary N) is 1. The van der Waals surface area contributed by atoms with Crippen molar-refractivity contribution in [3.8, 4) is 0 Å². The van der Waals surface area contributed by atoms with Crippen molar-refractivity contribution in [3.63, 3.8) is 0 Å². The van der Waals surface area contributed by atoms with E-state index in [1.54, 1.807) is 0 Å². The fourth-order valence-corrected chi connectivity index (χ4v) is 2.64. The Morgan fingerprint density at radius 1 is 1.25 bits per heavy atom. The highest BCUT2D eigenvalue weighted by atomic mass is 32.2. The third kappa shape index (κ3) is 9.14. The van der Waals surface area contributed by atoms with E-state index in [0.717, 1.165) is 12.8 Å². The van der Waals surface area contributed by atoms with Gasteiger partial charge in [-0.15, -0.1) is 0 Å². The first kappa shape index (κ1) is 17.2. The fourth-order valence-electron chi connectivity index (χ4n) is 2.22. The van der Waals surface area contributed by atoms with Gasteiger partial charge in [-0.05, 0) is 12.8 Å². The first-order valence-corrected chi connectivity index (χ1v) is 9.35. The van der Waals surface area contributed by atoms with Gasteiger partial charge in [-0.1, -0.05) is 25.7 Å². The minimum absolute atomic E-state index is 0.0481. The quantitative estimate of drug-likeness (QED) is 0.312. The zero-order valence-electron chi connectivity index (χ0n) is 12.3. The van der Waals surface area contributed by atoms with E-state index in [-0.39, 0.29) is 12.4 Å². The van der Waals surface area contributed by atoms with Crippen molar-refractivity contribution in [2.24, 2.45) is 10.7 Å². The molecule has 1 saturated carbocycles. The zero-order valence-corrected chi connectivity index (χ0v) is 13.1. The summed E-state index contributed by atoms with van der Waals surface area (Å²) >= 11 is 0. The van der Waals surface area contributed by atoms with Crippen molar-refractivity contribution in [1.29, 1.82) is 0 Å². The molecular formula is C13H27N3O3S. The van der Waals surface area contributed by atoms with Gasteiger partial charge >= 0.3 is 0 Å². The Labute approximate surface area is 122 Å². The van der Waals surface area contributed by atoms with E-state index in [2.05, 4.69) is 10.3 Å². The van der Waals surface area contributed by atoms with Gasteiger partial charge < -0.3 is 15.8 Å². The van der Waals surface area contributed by atoms with E-state index in [4.69, 9.17) is 10.5 Å². The highest BCUT2D eigenvalue weighted by molar-refractivity contribution is 7.90. The SMILES string of the molecule is CS(=O)(=O)CCOCCN=C(N)NC1CCCCCC1. The molecule has 118 valence electrons. The Bertz CT molecular complexity index is 388. The first-order chi connectivity index (χ1) is 9.47. The highest BCUT2D eigenvalue weighted by Gasteiger charge is 2.12. The molecule has 0 saturated heterocycles. The van der Waals surface area contributed by atoms with Gasteiger partial charge in [-0.25, -0.2) is 8.42 Å². The summed E-state index contributed by atoms with van der Waals surface area (Å²) in [4.78, 5) is 4.19. The number of hydrogen-bond donors (Lipinski definition) is 2. The van der Waals surface area contributed by atoms with Crippen LogP contribution in [0.5, 0.6) is 0 Å². The van der Waals surface area contributed by atoms with Gasteiger partial charge in [-0.2, -0.15) is 0 Å². The Morgan fingerprint density at radius 2 is 1.90 bits per heavy atom. The number of ether oxygens (including phenoxy) is 1. The smallest absolute Gasteiger partial charge is 0.188 e. The van der Waals surface area contributed by atoms with Crippen LogP contribution >= 0.6 is 0 Å². The molecule has 3 N–H and O–H groups in total. The predicted octanol–water partition coefficient (Wildman–Crippen LogP) is 0.675. The number of guanidine groups is 1. The van der Waals surface area contributed by atoms with Crippen molar-refractivity contribution in [1.82, 2.24) is 5.32 Å². The molecule has 20 heavy (non-hydrogen) atoms. The van der Waals surface area contributed by atoms with Crippen molar-refractivity contribution in [2.45, 2.75) is 44.6 Å². The summed E-state index contributed by atoms with van der Waals surface area (Å²) in [6.07, 6.45) is 8.62. The van der Waals surface area contributed by atoms with Crippen LogP contribution in [0.2, 0.25) is 0 Å². The summed E-state index contributed by atoms with van der Waals surface area (Å²) in [6.45, 7) is 1.06. The van der Waals surface area contributed by atoms with E-state index in [1.807, 2.05) is 0 Å². The third-order valence-corrected chi connectivity index (χ3v) is 4.23. The van der Waals surface area contributed by atoms with Gasteiger partial charge in [-0.3, -0.25) is 4.99 Å². The minimum atomic E-state index is -2.95. The molecule has 0 aromatic carbocycles. The minimum Gasteiger partial charge on any atom is -0.378 e. The van der Waals surface area contributed by atoms with Crippen LogP contribution in [0.4, 0.5) is 0 Å². The highest BCUT2D eigenvalue weighted by Crippen LogP contribution is 2.16. The molecule has 0 aliphatic heterocycles. The summed E-state index contributed by atoms with van der Waals surface area (Å²) in [6, 6.07) is 0.437. The maximum atomic E-state index is 10.9. The largest absolute Gasteiger partial charge is 0.378 e. The normalized spacial score (nSPS) is 18.8. The predicted molar refractivity (Wildman–Crippen MR) is 81.6 cm³/mol. The van der Waals surface area contributed by atoms with Crippen LogP contribution in [0.1, 0.15) is 38.5 Å². The van der Waals surface area contributed by atoms with E-state index in [0.29, 0.717) is 25.2 Å². The van der Waals surface area contributed by atoms with Crippen molar-refractivity contribution < 1.29 is 13.2 Å². The number of sulfone groups is 1. The second kappa shape index (κ2) is 9.18. The van der Waals surface area contributed by atoms with Crippen molar-refractivity contribution >= 4 is 15.8 Å². The van der Waals surface area contributed by atoms with Gasteiger partial charge in [0.25, 0.3) is 0 Å². The lowest BCUT2D eigenvalue weighted by Crippen LogP contribution is -2.40. The van der Waals surface area contributed by atoms with Crippen LogP contribution in [0.15, 0.2) is 4.99 Å². The zero-order chi connectivity index (χ0) is 14.8. The van der Waals surface area contributed by atoms with E-state index < -0.39 is 9.84 Å².